The molecule has 1 aromatic heterocycles. The van der Waals surface area contributed by atoms with E-state index in [4.69, 9.17) is 4.42 Å². The van der Waals surface area contributed by atoms with Gasteiger partial charge in [-0.05, 0) is 103 Å². The number of nitrogens with zero attached hydrogens (tertiary/aromatic N) is 1. The number of aryl methyl sites for hydroxylation is 4. The van der Waals surface area contributed by atoms with Crippen molar-refractivity contribution in [2.24, 2.45) is 0 Å². The highest BCUT2D eigenvalue weighted by Gasteiger charge is 2.24. The van der Waals surface area contributed by atoms with E-state index in [1.807, 2.05) is 0 Å². The zero-order valence-electron chi connectivity index (χ0n) is 27.3. The van der Waals surface area contributed by atoms with Crippen LogP contribution in [0.4, 0.5) is 17.1 Å². The topological polar surface area (TPSA) is 16.4 Å². The van der Waals surface area contributed by atoms with E-state index in [-0.39, 0.29) is 5.92 Å². The molecule has 0 aliphatic heterocycles. The molecule has 1 unspecified atom stereocenters. The van der Waals surface area contributed by atoms with Crippen molar-refractivity contribution >= 4 is 49.8 Å². The minimum Gasteiger partial charge on any atom is -0.456 e. The summed E-state index contributed by atoms with van der Waals surface area (Å²) in [5.74, 6) is 0.0629. The number of hydrogen-bond acceptors (Lipinski definition) is 2. The minimum absolute atomic E-state index is 0.0629. The second kappa shape index (κ2) is 11.6. The lowest BCUT2D eigenvalue weighted by atomic mass is 9.80. The maximum absolute atomic E-state index is 6.86. The fourth-order valence-electron chi connectivity index (χ4n) is 7.17. The lowest BCUT2D eigenvalue weighted by Gasteiger charge is -2.27. The Hall–Kier alpha value is -5.60. The van der Waals surface area contributed by atoms with Crippen molar-refractivity contribution in [3.8, 4) is 0 Å². The Balaban J connectivity index is 1.37. The highest BCUT2D eigenvalue weighted by Crippen LogP contribution is 2.45. The van der Waals surface area contributed by atoms with Gasteiger partial charge in [-0.1, -0.05) is 114 Å². The Labute approximate surface area is 276 Å². The van der Waals surface area contributed by atoms with Gasteiger partial charge in [-0.3, -0.25) is 0 Å². The molecular formula is C45H37NO. The maximum Gasteiger partial charge on any atom is 0.137 e. The van der Waals surface area contributed by atoms with Crippen molar-refractivity contribution in [3.05, 3.63) is 185 Å². The van der Waals surface area contributed by atoms with Crippen LogP contribution < -0.4 is 4.90 Å². The molecule has 8 aromatic rings. The average Bonchev–Trinajstić information content (AvgIpc) is 3.46. The van der Waals surface area contributed by atoms with Gasteiger partial charge in [-0.15, -0.1) is 0 Å². The summed E-state index contributed by atoms with van der Waals surface area (Å²) in [5, 5.41) is 4.76. The molecule has 0 amide bonds. The van der Waals surface area contributed by atoms with E-state index in [0.717, 1.165) is 39.0 Å². The second-order valence-corrected chi connectivity index (χ2v) is 12.8. The highest BCUT2D eigenvalue weighted by molar-refractivity contribution is 6.20. The number of fused-ring (bicyclic) bond motifs is 5. The van der Waals surface area contributed by atoms with E-state index in [1.54, 1.807) is 0 Å². The predicted octanol–water partition coefficient (Wildman–Crippen LogP) is 12.6. The SMILES string of the molecule is Cc1ccc(C(c2ccccc2C)c2cc3oc4cc(N(c5ccc(C)cc5)c5ccccc5C)ccc4c3c3ccccc23)cc1. The zero-order chi connectivity index (χ0) is 32.1. The normalized spacial score (nSPS) is 12.2. The Morgan fingerprint density at radius 2 is 1.09 bits per heavy atom. The van der Waals surface area contributed by atoms with Crippen molar-refractivity contribution < 1.29 is 4.42 Å². The number of anilines is 3. The summed E-state index contributed by atoms with van der Waals surface area (Å²) < 4.78 is 6.86. The lowest BCUT2D eigenvalue weighted by molar-refractivity contribution is 0.668. The van der Waals surface area contributed by atoms with Gasteiger partial charge in [-0.25, -0.2) is 0 Å². The number of para-hydroxylation sites is 1. The van der Waals surface area contributed by atoms with Crippen LogP contribution in [0.2, 0.25) is 0 Å². The summed E-state index contributed by atoms with van der Waals surface area (Å²) in [6.07, 6.45) is 0. The predicted molar refractivity (Wildman–Crippen MR) is 199 cm³/mol. The second-order valence-electron chi connectivity index (χ2n) is 12.8. The zero-order valence-corrected chi connectivity index (χ0v) is 27.3. The number of hydrogen-bond donors (Lipinski definition) is 0. The molecule has 0 aliphatic rings. The summed E-state index contributed by atoms with van der Waals surface area (Å²) in [7, 11) is 0. The Morgan fingerprint density at radius 3 is 1.81 bits per heavy atom. The van der Waals surface area contributed by atoms with Crippen LogP contribution in [0.15, 0.2) is 150 Å². The third kappa shape index (κ3) is 5.07. The number of benzene rings is 7. The molecular weight excluding hydrogens is 571 g/mol. The van der Waals surface area contributed by atoms with Gasteiger partial charge in [-0.2, -0.15) is 0 Å². The fourth-order valence-corrected chi connectivity index (χ4v) is 7.17. The molecule has 0 saturated carbocycles. The van der Waals surface area contributed by atoms with Crippen molar-refractivity contribution in [2.75, 3.05) is 4.90 Å². The molecule has 228 valence electrons. The highest BCUT2D eigenvalue weighted by atomic mass is 16.3. The van der Waals surface area contributed by atoms with Gasteiger partial charge in [0.05, 0.1) is 0 Å². The average molecular weight is 608 g/mol. The van der Waals surface area contributed by atoms with E-state index in [1.165, 1.54) is 49.7 Å². The Kier molecular flexibility index (Phi) is 7.14. The standard InChI is InChI=1S/C45H37NO/c1-29-17-21-33(22-18-29)44(36-13-7-5-11-31(36)3)40-28-43-45(38-15-9-8-14-37(38)40)39-26-25-35(27-42(39)47-43)46(34-23-19-30(2)20-24-34)41-16-10-6-12-32(41)4/h5-28,44H,1-4H3. The Bertz CT molecular complexity index is 2400. The van der Waals surface area contributed by atoms with E-state index in [9.17, 15) is 0 Å². The molecule has 47 heavy (non-hydrogen) atoms. The largest absolute Gasteiger partial charge is 0.456 e. The Morgan fingerprint density at radius 1 is 0.468 bits per heavy atom. The molecule has 1 atom stereocenters. The molecule has 2 heteroatoms. The van der Waals surface area contributed by atoms with Gasteiger partial charge >= 0.3 is 0 Å². The number of rotatable bonds is 6. The molecule has 0 aliphatic carbocycles. The van der Waals surface area contributed by atoms with E-state index in [0.29, 0.717) is 0 Å². The first kappa shape index (κ1) is 28.8. The summed E-state index contributed by atoms with van der Waals surface area (Å²) in [5.41, 5.74) is 14.0. The summed E-state index contributed by atoms with van der Waals surface area (Å²) in [4.78, 5) is 2.33. The van der Waals surface area contributed by atoms with Gasteiger partial charge < -0.3 is 9.32 Å². The summed E-state index contributed by atoms with van der Waals surface area (Å²) in [6, 6.07) is 52.9. The van der Waals surface area contributed by atoms with Crippen molar-refractivity contribution in [2.45, 2.75) is 33.6 Å². The van der Waals surface area contributed by atoms with Crippen LogP contribution in [0.1, 0.15) is 44.9 Å². The summed E-state index contributed by atoms with van der Waals surface area (Å²) >= 11 is 0. The molecule has 7 aromatic carbocycles. The van der Waals surface area contributed by atoms with Crippen molar-refractivity contribution in [1.29, 1.82) is 0 Å². The summed E-state index contributed by atoms with van der Waals surface area (Å²) in [6.45, 7) is 8.66. The van der Waals surface area contributed by atoms with Crippen LogP contribution in [0.5, 0.6) is 0 Å². The van der Waals surface area contributed by atoms with Crippen LogP contribution in [-0.2, 0) is 0 Å². The molecule has 0 saturated heterocycles. The maximum atomic E-state index is 6.86. The van der Waals surface area contributed by atoms with Gasteiger partial charge in [0.15, 0.2) is 0 Å². The van der Waals surface area contributed by atoms with Gasteiger partial charge in [0.25, 0.3) is 0 Å². The number of furan rings is 1. The van der Waals surface area contributed by atoms with Crippen LogP contribution in [0.25, 0.3) is 32.7 Å². The first-order chi connectivity index (χ1) is 23.0. The van der Waals surface area contributed by atoms with Crippen LogP contribution >= 0.6 is 0 Å². The first-order valence-corrected chi connectivity index (χ1v) is 16.4. The van der Waals surface area contributed by atoms with E-state index >= 15 is 0 Å². The van der Waals surface area contributed by atoms with Crippen molar-refractivity contribution in [1.82, 2.24) is 0 Å². The van der Waals surface area contributed by atoms with E-state index < -0.39 is 0 Å². The van der Waals surface area contributed by atoms with Crippen LogP contribution in [0.3, 0.4) is 0 Å². The fraction of sp³-hybridized carbons (Fsp3) is 0.111. The quantitative estimate of drug-likeness (QED) is 0.175. The van der Waals surface area contributed by atoms with Gasteiger partial charge in [0.1, 0.15) is 11.2 Å². The van der Waals surface area contributed by atoms with Gasteiger partial charge in [0.2, 0.25) is 0 Å². The lowest BCUT2D eigenvalue weighted by Crippen LogP contribution is -2.11. The van der Waals surface area contributed by atoms with Crippen molar-refractivity contribution in [3.63, 3.8) is 0 Å². The molecule has 0 spiro atoms. The molecule has 8 rings (SSSR count). The first-order valence-electron chi connectivity index (χ1n) is 16.4. The third-order valence-electron chi connectivity index (χ3n) is 9.62. The monoisotopic (exact) mass is 607 g/mol. The van der Waals surface area contributed by atoms with Crippen LogP contribution in [-0.4, -0.2) is 0 Å². The molecule has 0 bridgehead atoms. The minimum atomic E-state index is 0.0629. The van der Waals surface area contributed by atoms with E-state index in [2.05, 4.69) is 178 Å². The van der Waals surface area contributed by atoms with Gasteiger partial charge in [0, 0.05) is 39.8 Å². The van der Waals surface area contributed by atoms with Crippen LogP contribution in [0, 0.1) is 27.7 Å². The molecule has 1 heterocycles. The smallest absolute Gasteiger partial charge is 0.137 e. The molecule has 0 fully saturated rings. The molecule has 0 N–H and O–H groups in total. The molecule has 0 radical (unpaired) electrons. The molecule has 2 nitrogen and oxygen atoms in total. The third-order valence-corrected chi connectivity index (χ3v) is 9.62.